The summed E-state index contributed by atoms with van der Waals surface area (Å²) in [4.78, 5) is 30.0. The Labute approximate surface area is 123 Å². The summed E-state index contributed by atoms with van der Waals surface area (Å²) in [6.07, 6.45) is 1.06. The minimum Gasteiger partial charge on any atom is -0.309 e. The number of carbonyl (C=O) groups is 2. The SMILES string of the molecule is CCCNC(C)c1csc(N2C(=O)C(C)C(C)C2=O)n1. The zero-order valence-electron chi connectivity index (χ0n) is 12.3. The molecular weight excluding hydrogens is 274 g/mol. The van der Waals surface area contributed by atoms with E-state index in [1.807, 2.05) is 12.3 Å². The molecule has 0 radical (unpaired) electrons. The van der Waals surface area contributed by atoms with Crippen LogP contribution in [0.3, 0.4) is 0 Å². The highest BCUT2D eigenvalue weighted by molar-refractivity contribution is 7.14. The number of rotatable bonds is 5. The van der Waals surface area contributed by atoms with Crippen LogP contribution >= 0.6 is 11.3 Å². The molecular formula is C14H21N3O2S. The second-order valence-corrected chi connectivity index (χ2v) is 6.16. The Balaban J connectivity index is 2.17. The van der Waals surface area contributed by atoms with Gasteiger partial charge < -0.3 is 5.32 Å². The Morgan fingerprint density at radius 3 is 2.50 bits per heavy atom. The quantitative estimate of drug-likeness (QED) is 0.847. The maximum Gasteiger partial charge on any atom is 0.239 e. The number of hydrogen-bond donors (Lipinski definition) is 1. The third kappa shape index (κ3) is 2.62. The molecule has 1 aliphatic rings. The predicted molar refractivity (Wildman–Crippen MR) is 79.6 cm³/mol. The van der Waals surface area contributed by atoms with Gasteiger partial charge in [0, 0.05) is 23.3 Å². The fraction of sp³-hybridized carbons (Fsp3) is 0.643. The molecule has 20 heavy (non-hydrogen) atoms. The summed E-state index contributed by atoms with van der Waals surface area (Å²) in [5.41, 5.74) is 0.881. The standard InChI is InChI=1S/C14H21N3O2S/c1-5-6-15-10(4)11-7-20-14(16-11)17-12(18)8(2)9(3)13(17)19/h7-10,15H,5-6H2,1-4H3. The van der Waals surface area contributed by atoms with Crippen molar-refractivity contribution in [2.24, 2.45) is 11.8 Å². The molecule has 2 amide bonds. The molecule has 3 unspecified atom stereocenters. The van der Waals surface area contributed by atoms with E-state index in [9.17, 15) is 9.59 Å². The molecule has 2 heterocycles. The molecule has 1 saturated heterocycles. The summed E-state index contributed by atoms with van der Waals surface area (Å²) >= 11 is 1.35. The third-order valence-electron chi connectivity index (χ3n) is 3.82. The fourth-order valence-corrected chi connectivity index (χ4v) is 3.10. The number of amides is 2. The van der Waals surface area contributed by atoms with E-state index in [0.717, 1.165) is 18.7 Å². The van der Waals surface area contributed by atoms with E-state index < -0.39 is 0 Å². The number of carbonyl (C=O) groups excluding carboxylic acids is 2. The summed E-state index contributed by atoms with van der Waals surface area (Å²) in [6, 6.07) is 0.127. The van der Waals surface area contributed by atoms with Gasteiger partial charge in [-0.3, -0.25) is 9.59 Å². The molecule has 1 aromatic rings. The van der Waals surface area contributed by atoms with Gasteiger partial charge in [0.2, 0.25) is 11.8 Å². The molecule has 5 nitrogen and oxygen atoms in total. The van der Waals surface area contributed by atoms with E-state index in [0.29, 0.717) is 5.13 Å². The lowest BCUT2D eigenvalue weighted by molar-refractivity contribution is -0.122. The van der Waals surface area contributed by atoms with Crippen LogP contribution in [0.1, 0.15) is 45.9 Å². The topological polar surface area (TPSA) is 62.3 Å². The maximum atomic E-state index is 12.1. The maximum absolute atomic E-state index is 12.1. The Hall–Kier alpha value is -1.27. The van der Waals surface area contributed by atoms with Crippen LogP contribution in [0.5, 0.6) is 0 Å². The molecule has 0 bridgehead atoms. The number of nitrogens with one attached hydrogen (secondary N) is 1. The number of aromatic nitrogens is 1. The van der Waals surface area contributed by atoms with Crippen molar-refractivity contribution in [1.82, 2.24) is 10.3 Å². The van der Waals surface area contributed by atoms with E-state index in [2.05, 4.69) is 17.2 Å². The van der Waals surface area contributed by atoms with Crippen molar-refractivity contribution < 1.29 is 9.59 Å². The van der Waals surface area contributed by atoms with E-state index in [4.69, 9.17) is 0 Å². The largest absolute Gasteiger partial charge is 0.309 e. The Bertz CT molecular complexity index is 494. The summed E-state index contributed by atoms with van der Waals surface area (Å²) in [5.74, 6) is -0.800. The molecule has 0 aliphatic carbocycles. The molecule has 0 spiro atoms. The van der Waals surface area contributed by atoms with Gasteiger partial charge in [0.25, 0.3) is 0 Å². The van der Waals surface area contributed by atoms with Gasteiger partial charge in [-0.1, -0.05) is 20.8 Å². The van der Waals surface area contributed by atoms with Gasteiger partial charge in [-0.05, 0) is 19.9 Å². The zero-order chi connectivity index (χ0) is 14.9. The first-order valence-electron chi connectivity index (χ1n) is 7.04. The van der Waals surface area contributed by atoms with Crippen LogP contribution < -0.4 is 10.2 Å². The van der Waals surface area contributed by atoms with Crippen molar-refractivity contribution in [2.45, 2.75) is 40.2 Å². The molecule has 0 saturated carbocycles. The Morgan fingerprint density at radius 2 is 1.95 bits per heavy atom. The summed E-state index contributed by atoms with van der Waals surface area (Å²) < 4.78 is 0. The molecule has 110 valence electrons. The van der Waals surface area contributed by atoms with Gasteiger partial charge in [0.1, 0.15) is 0 Å². The average molecular weight is 295 g/mol. The van der Waals surface area contributed by atoms with Crippen molar-refractivity contribution in [3.8, 4) is 0 Å². The minimum absolute atomic E-state index is 0.127. The van der Waals surface area contributed by atoms with E-state index >= 15 is 0 Å². The van der Waals surface area contributed by atoms with Crippen molar-refractivity contribution in [2.75, 3.05) is 11.4 Å². The molecule has 2 rings (SSSR count). The van der Waals surface area contributed by atoms with Crippen molar-refractivity contribution in [3.05, 3.63) is 11.1 Å². The van der Waals surface area contributed by atoms with Crippen LogP contribution in [0.15, 0.2) is 5.38 Å². The van der Waals surface area contributed by atoms with E-state index in [1.165, 1.54) is 16.2 Å². The number of anilines is 1. The summed E-state index contributed by atoms with van der Waals surface area (Å²) in [7, 11) is 0. The number of nitrogens with zero attached hydrogens (tertiary/aromatic N) is 2. The molecule has 1 N–H and O–H groups in total. The second-order valence-electron chi connectivity index (χ2n) is 5.32. The lowest BCUT2D eigenvalue weighted by Gasteiger charge is -2.12. The van der Waals surface area contributed by atoms with Gasteiger partial charge in [0.05, 0.1) is 5.69 Å². The molecule has 6 heteroatoms. The van der Waals surface area contributed by atoms with Crippen LogP contribution in [-0.2, 0) is 9.59 Å². The first kappa shape index (κ1) is 15.1. The fourth-order valence-electron chi connectivity index (χ4n) is 2.18. The smallest absolute Gasteiger partial charge is 0.239 e. The lowest BCUT2D eigenvalue weighted by atomic mass is 10.00. The van der Waals surface area contributed by atoms with E-state index in [1.54, 1.807) is 13.8 Å². The van der Waals surface area contributed by atoms with Gasteiger partial charge in [-0.15, -0.1) is 11.3 Å². The lowest BCUT2D eigenvalue weighted by Crippen LogP contribution is -2.30. The molecule has 1 aromatic heterocycles. The predicted octanol–water partition coefficient (Wildman–Crippen LogP) is 2.35. The molecule has 0 aromatic carbocycles. The highest BCUT2D eigenvalue weighted by atomic mass is 32.1. The van der Waals surface area contributed by atoms with Crippen molar-refractivity contribution in [1.29, 1.82) is 0 Å². The van der Waals surface area contributed by atoms with Crippen molar-refractivity contribution in [3.63, 3.8) is 0 Å². The first-order chi connectivity index (χ1) is 9.47. The van der Waals surface area contributed by atoms with Crippen LogP contribution in [0, 0.1) is 11.8 Å². The van der Waals surface area contributed by atoms with Gasteiger partial charge in [-0.2, -0.15) is 0 Å². The zero-order valence-corrected chi connectivity index (χ0v) is 13.2. The van der Waals surface area contributed by atoms with Gasteiger partial charge in [0.15, 0.2) is 5.13 Å². The average Bonchev–Trinajstić information content (AvgIpc) is 2.98. The summed E-state index contributed by atoms with van der Waals surface area (Å²) in [6.45, 7) is 8.66. The third-order valence-corrected chi connectivity index (χ3v) is 4.66. The first-order valence-corrected chi connectivity index (χ1v) is 7.92. The second kappa shape index (κ2) is 6.01. The van der Waals surface area contributed by atoms with Crippen LogP contribution in [0.4, 0.5) is 5.13 Å². The van der Waals surface area contributed by atoms with Gasteiger partial charge in [-0.25, -0.2) is 9.88 Å². The number of imide groups is 1. The van der Waals surface area contributed by atoms with Crippen LogP contribution in [0.25, 0.3) is 0 Å². The van der Waals surface area contributed by atoms with Crippen LogP contribution in [0.2, 0.25) is 0 Å². The molecule has 1 fully saturated rings. The number of thiazole rings is 1. The van der Waals surface area contributed by atoms with Crippen LogP contribution in [-0.4, -0.2) is 23.3 Å². The monoisotopic (exact) mass is 295 g/mol. The Morgan fingerprint density at radius 1 is 1.35 bits per heavy atom. The highest BCUT2D eigenvalue weighted by Crippen LogP contribution is 2.33. The Kier molecular flexibility index (Phi) is 4.55. The normalized spacial score (nSPS) is 24.5. The van der Waals surface area contributed by atoms with Crippen molar-refractivity contribution >= 4 is 28.3 Å². The number of hydrogen-bond acceptors (Lipinski definition) is 5. The molecule has 1 aliphatic heterocycles. The molecule has 3 atom stereocenters. The highest BCUT2D eigenvalue weighted by Gasteiger charge is 2.44. The van der Waals surface area contributed by atoms with Gasteiger partial charge >= 0.3 is 0 Å². The summed E-state index contributed by atoms with van der Waals surface area (Å²) in [5, 5.41) is 5.76. The van der Waals surface area contributed by atoms with E-state index in [-0.39, 0.29) is 29.7 Å². The minimum atomic E-state index is -0.259.